The number of benzene rings is 1. The highest BCUT2D eigenvalue weighted by molar-refractivity contribution is 5.90. The first-order valence-corrected chi connectivity index (χ1v) is 7.19. The molecule has 0 radical (unpaired) electrons. The van der Waals surface area contributed by atoms with Crippen LogP contribution in [0.3, 0.4) is 0 Å². The van der Waals surface area contributed by atoms with Gasteiger partial charge in [0.05, 0.1) is 13.1 Å². The van der Waals surface area contributed by atoms with E-state index in [1.807, 2.05) is 30.3 Å². The van der Waals surface area contributed by atoms with Gasteiger partial charge in [-0.2, -0.15) is 4.98 Å². The maximum atomic E-state index is 12.3. The zero-order valence-electron chi connectivity index (χ0n) is 12.9. The number of nitrogens with one attached hydrogen (secondary N) is 1. The lowest BCUT2D eigenvalue weighted by molar-refractivity contribution is -0.132. The van der Waals surface area contributed by atoms with Crippen molar-refractivity contribution in [2.24, 2.45) is 0 Å². The van der Waals surface area contributed by atoms with Crippen molar-refractivity contribution in [3.05, 3.63) is 36.2 Å². The molecule has 0 aliphatic carbocycles. The van der Waals surface area contributed by atoms with Crippen LogP contribution >= 0.6 is 0 Å². The molecule has 1 aromatic carbocycles. The summed E-state index contributed by atoms with van der Waals surface area (Å²) in [5.41, 5.74) is 0.848. The topological polar surface area (TPSA) is 91.6 Å². The Labute approximate surface area is 133 Å². The predicted octanol–water partition coefficient (Wildman–Crippen LogP) is 0.719. The van der Waals surface area contributed by atoms with Crippen molar-refractivity contribution in [2.75, 3.05) is 20.6 Å². The summed E-state index contributed by atoms with van der Waals surface area (Å²) in [7, 11) is 3.28. The van der Waals surface area contributed by atoms with Gasteiger partial charge < -0.3 is 19.6 Å². The Morgan fingerprint density at radius 1 is 1.43 bits per heavy atom. The van der Waals surface area contributed by atoms with Crippen LogP contribution in [0, 0.1) is 0 Å². The Morgan fingerprint density at radius 2 is 2.17 bits per heavy atom. The van der Waals surface area contributed by atoms with Crippen molar-refractivity contribution in [1.29, 1.82) is 0 Å². The molecule has 1 aromatic heterocycles. The number of likely N-dealkylation sites (N-methyl/N-ethyl adjacent to an activating group) is 2. The van der Waals surface area contributed by atoms with E-state index in [-0.39, 0.29) is 18.5 Å². The van der Waals surface area contributed by atoms with E-state index in [9.17, 15) is 9.59 Å². The van der Waals surface area contributed by atoms with Crippen LogP contribution in [-0.2, 0) is 11.3 Å². The first kappa shape index (κ1) is 15.0. The maximum Gasteiger partial charge on any atom is 0.317 e. The zero-order chi connectivity index (χ0) is 16.4. The molecule has 2 aromatic rings. The molecule has 23 heavy (non-hydrogen) atoms. The predicted molar refractivity (Wildman–Crippen MR) is 81.2 cm³/mol. The quantitative estimate of drug-likeness (QED) is 0.897. The van der Waals surface area contributed by atoms with Gasteiger partial charge in [0, 0.05) is 19.7 Å². The number of hydrogen-bond donors (Lipinski definition) is 1. The third-order valence-electron chi connectivity index (χ3n) is 3.65. The summed E-state index contributed by atoms with van der Waals surface area (Å²) in [5.74, 6) is 0.634. The van der Waals surface area contributed by atoms with Gasteiger partial charge in [-0.25, -0.2) is 4.79 Å². The van der Waals surface area contributed by atoms with E-state index in [0.29, 0.717) is 18.3 Å². The van der Waals surface area contributed by atoms with E-state index in [2.05, 4.69) is 15.5 Å². The normalized spacial score (nSPS) is 17.2. The van der Waals surface area contributed by atoms with Crippen LogP contribution in [0.5, 0.6) is 0 Å². The second-order valence-electron chi connectivity index (χ2n) is 5.45. The highest BCUT2D eigenvalue weighted by atomic mass is 16.5. The molecule has 0 bridgehead atoms. The molecule has 0 spiro atoms. The molecule has 1 atom stereocenters. The van der Waals surface area contributed by atoms with E-state index >= 15 is 0 Å². The van der Waals surface area contributed by atoms with Crippen molar-refractivity contribution in [2.45, 2.75) is 12.6 Å². The van der Waals surface area contributed by atoms with Crippen molar-refractivity contribution in [3.63, 3.8) is 0 Å². The lowest BCUT2D eigenvalue weighted by Crippen LogP contribution is -2.43. The molecular formula is C15H17N5O3. The van der Waals surface area contributed by atoms with Gasteiger partial charge in [0.2, 0.25) is 17.6 Å². The summed E-state index contributed by atoms with van der Waals surface area (Å²) < 4.78 is 5.19. The molecule has 8 nitrogen and oxygen atoms in total. The molecule has 8 heteroatoms. The van der Waals surface area contributed by atoms with Crippen LogP contribution < -0.4 is 5.32 Å². The molecule has 1 saturated heterocycles. The molecule has 0 saturated carbocycles. The lowest BCUT2D eigenvalue weighted by atomic mass is 10.2. The average molecular weight is 315 g/mol. The number of aromatic nitrogens is 2. The first-order chi connectivity index (χ1) is 11.0. The van der Waals surface area contributed by atoms with Crippen LogP contribution in [0.4, 0.5) is 4.79 Å². The fourth-order valence-electron chi connectivity index (χ4n) is 2.37. The summed E-state index contributed by atoms with van der Waals surface area (Å²) >= 11 is 0. The SMILES string of the molecule is CN1C[C@@H](C(=O)N(C)Cc2nc(-c3ccccc3)no2)NC1=O. The fourth-order valence-corrected chi connectivity index (χ4v) is 2.37. The summed E-state index contributed by atoms with van der Waals surface area (Å²) in [4.78, 5) is 31.0. The van der Waals surface area contributed by atoms with Gasteiger partial charge in [-0.3, -0.25) is 4.79 Å². The molecular weight excluding hydrogens is 298 g/mol. The highest BCUT2D eigenvalue weighted by Crippen LogP contribution is 2.15. The molecule has 1 aliphatic heterocycles. The maximum absolute atomic E-state index is 12.3. The molecule has 1 aliphatic rings. The fraction of sp³-hybridized carbons (Fsp3) is 0.333. The number of hydrogen-bond acceptors (Lipinski definition) is 5. The number of carbonyl (C=O) groups is 2. The van der Waals surface area contributed by atoms with E-state index in [1.165, 1.54) is 9.80 Å². The van der Waals surface area contributed by atoms with Crippen molar-refractivity contribution in [1.82, 2.24) is 25.3 Å². The summed E-state index contributed by atoms with van der Waals surface area (Å²) in [5, 5.41) is 6.55. The minimum atomic E-state index is -0.547. The second kappa shape index (κ2) is 6.07. The smallest absolute Gasteiger partial charge is 0.317 e. The van der Waals surface area contributed by atoms with Crippen molar-refractivity contribution in [3.8, 4) is 11.4 Å². The second-order valence-corrected chi connectivity index (χ2v) is 5.45. The van der Waals surface area contributed by atoms with Gasteiger partial charge >= 0.3 is 6.03 Å². The van der Waals surface area contributed by atoms with Crippen LogP contribution in [0.15, 0.2) is 34.9 Å². The van der Waals surface area contributed by atoms with Gasteiger partial charge in [0.25, 0.3) is 0 Å². The third-order valence-corrected chi connectivity index (χ3v) is 3.65. The van der Waals surface area contributed by atoms with Gasteiger partial charge in [0.15, 0.2) is 0 Å². The molecule has 2 heterocycles. The van der Waals surface area contributed by atoms with Gasteiger partial charge in [-0.1, -0.05) is 35.5 Å². The highest BCUT2D eigenvalue weighted by Gasteiger charge is 2.33. The van der Waals surface area contributed by atoms with Crippen molar-refractivity contribution < 1.29 is 14.1 Å². The molecule has 3 rings (SSSR count). The van der Waals surface area contributed by atoms with E-state index < -0.39 is 6.04 Å². The first-order valence-electron chi connectivity index (χ1n) is 7.19. The number of amides is 3. The Morgan fingerprint density at radius 3 is 2.83 bits per heavy atom. The summed E-state index contributed by atoms with van der Waals surface area (Å²) in [6, 6.07) is 8.65. The summed E-state index contributed by atoms with van der Waals surface area (Å²) in [6.45, 7) is 0.538. The van der Waals surface area contributed by atoms with Crippen molar-refractivity contribution >= 4 is 11.9 Å². The molecule has 3 amide bonds. The molecule has 1 fully saturated rings. The standard InChI is InChI=1S/C15H17N5O3/c1-19(14(21)11-8-20(2)15(22)16-11)9-12-17-13(18-23-12)10-6-4-3-5-7-10/h3-7,11H,8-9H2,1-2H3,(H,16,22)/t11-/m0/s1. The Hall–Kier alpha value is -2.90. The van der Waals surface area contributed by atoms with Gasteiger partial charge in [-0.05, 0) is 0 Å². The van der Waals surface area contributed by atoms with Crippen LogP contribution in [0.1, 0.15) is 5.89 Å². The number of rotatable bonds is 4. The number of carbonyl (C=O) groups excluding carboxylic acids is 2. The van der Waals surface area contributed by atoms with Crippen LogP contribution in [0.25, 0.3) is 11.4 Å². The minimum absolute atomic E-state index is 0.189. The van der Waals surface area contributed by atoms with E-state index in [4.69, 9.17) is 4.52 Å². The Bertz CT molecular complexity index is 715. The van der Waals surface area contributed by atoms with E-state index in [1.54, 1.807) is 14.1 Å². The van der Waals surface area contributed by atoms with Crippen LogP contribution in [-0.4, -0.2) is 58.6 Å². The van der Waals surface area contributed by atoms with Gasteiger partial charge in [-0.15, -0.1) is 0 Å². The largest absolute Gasteiger partial charge is 0.337 e. The number of urea groups is 1. The molecule has 0 unspecified atom stereocenters. The van der Waals surface area contributed by atoms with E-state index in [0.717, 1.165) is 5.56 Å². The lowest BCUT2D eigenvalue weighted by Gasteiger charge is -2.18. The Balaban J connectivity index is 1.64. The minimum Gasteiger partial charge on any atom is -0.337 e. The zero-order valence-corrected chi connectivity index (χ0v) is 12.9. The van der Waals surface area contributed by atoms with Gasteiger partial charge in [0.1, 0.15) is 6.04 Å². The molecule has 1 N–H and O–H groups in total. The summed E-state index contributed by atoms with van der Waals surface area (Å²) in [6.07, 6.45) is 0. The average Bonchev–Trinajstić information content (AvgIpc) is 3.15. The molecule has 120 valence electrons. The third kappa shape index (κ3) is 3.15. The number of nitrogens with zero attached hydrogens (tertiary/aromatic N) is 4. The monoisotopic (exact) mass is 315 g/mol. The van der Waals surface area contributed by atoms with Crippen LogP contribution in [0.2, 0.25) is 0 Å². The Kier molecular flexibility index (Phi) is 3.96.